The maximum Gasteiger partial charge on any atom is 0.0732 e. The Hall–Kier alpha value is -0.770. The highest BCUT2D eigenvalue weighted by atomic mass is 35.5. The maximum atomic E-state index is 10.1. The van der Waals surface area contributed by atoms with Crippen LogP contribution in [-0.2, 0) is 0 Å². The second kappa shape index (κ2) is 8.02. The SMILES string of the molecule is CCCCC(O)CN1N=CCCC1c1ccc(Cl)c(Cl)c1. The number of hydrogen-bond acceptors (Lipinski definition) is 3. The van der Waals surface area contributed by atoms with E-state index >= 15 is 0 Å². The van der Waals surface area contributed by atoms with Gasteiger partial charge in [-0.3, -0.25) is 5.01 Å². The molecule has 0 saturated carbocycles. The average molecular weight is 329 g/mol. The number of nitrogens with zero attached hydrogens (tertiary/aromatic N) is 2. The molecule has 0 saturated heterocycles. The van der Waals surface area contributed by atoms with Crippen LogP contribution in [0.25, 0.3) is 0 Å². The van der Waals surface area contributed by atoms with Crippen molar-refractivity contribution in [3.63, 3.8) is 0 Å². The Morgan fingerprint density at radius 2 is 2.19 bits per heavy atom. The molecule has 5 heteroatoms. The molecule has 0 aliphatic carbocycles. The van der Waals surface area contributed by atoms with Crippen molar-refractivity contribution in [3.05, 3.63) is 33.8 Å². The van der Waals surface area contributed by atoms with E-state index in [1.807, 2.05) is 29.4 Å². The van der Waals surface area contributed by atoms with E-state index in [1.54, 1.807) is 0 Å². The van der Waals surface area contributed by atoms with Gasteiger partial charge in [-0.1, -0.05) is 49.0 Å². The van der Waals surface area contributed by atoms with E-state index in [-0.39, 0.29) is 12.1 Å². The summed E-state index contributed by atoms with van der Waals surface area (Å²) in [6.45, 7) is 2.69. The molecule has 1 aliphatic rings. The molecule has 0 amide bonds. The molecule has 2 unspecified atom stereocenters. The molecule has 3 nitrogen and oxygen atoms in total. The van der Waals surface area contributed by atoms with E-state index in [1.165, 1.54) is 0 Å². The largest absolute Gasteiger partial charge is 0.391 e. The summed E-state index contributed by atoms with van der Waals surface area (Å²) in [7, 11) is 0. The van der Waals surface area contributed by atoms with Crippen molar-refractivity contribution in [2.45, 2.75) is 51.2 Å². The molecule has 0 aromatic heterocycles. The number of β-amino-alcohol motifs (C(OH)–C–C–N with tert-alkyl or cyclic N) is 1. The average Bonchev–Trinajstić information content (AvgIpc) is 2.48. The van der Waals surface area contributed by atoms with Crippen LogP contribution in [0.15, 0.2) is 23.3 Å². The number of aliphatic hydroxyl groups is 1. The first-order valence-electron chi connectivity index (χ1n) is 7.54. The lowest BCUT2D eigenvalue weighted by atomic mass is 10.00. The van der Waals surface area contributed by atoms with E-state index in [9.17, 15) is 5.11 Å². The summed E-state index contributed by atoms with van der Waals surface area (Å²) in [5, 5.41) is 17.7. The molecule has 0 radical (unpaired) electrons. The first-order chi connectivity index (χ1) is 10.1. The predicted molar refractivity (Wildman–Crippen MR) is 89.2 cm³/mol. The summed E-state index contributed by atoms with van der Waals surface area (Å²) in [6.07, 6.45) is 6.43. The van der Waals surface area contributed by atoms with Crippen molar-refractivity contribution in [3.8, 4) is 0 Å². The Kier molecular flexibility index (Phi) is 6.34. The lowest BCUT2D eigenvalue weighted by Crippen LogP contribution is -2.34. The van der Waals surface area contributed by atoms with Crippen molar-refractivity contribution < 1.29 is 5.11 Å². The quantitative estimate of drug-likeness (QED) is 0.823. The summed E-state index contributed by atoms with van der Waals surface area (Å²) >= 11 is 12.1. The van der Waals surface area contributed by atoms with Crippen molar-refractivity contribution in [2.75, 3.05) is 6.54 Å². The third-order valence-corrected chi connectivity index (χ3v) is 4.52. The second-order valence-corrected chi connectivity index (χ2v) is 6.30. The number of hydrogen-bond donors (Lipinski definition) is 1. The first kappa shape index (κ1) is 16.6. The number of rotatable bonds is 6. The monoisotopic (exact) mass is 328 g/mol. The molecule has 2 rings (SSSR count). The first-order valence-corrected chi connectivity index (χ1v) is 8.29. The van der Waals surface area contributed by atoms with Gasteiger partial charge in [0.1, 0.15) is 0 Å². The van der Waals surface area contributed by atoms with Crippen LogP contribution in [0.5, 0.6) is 0 Å². The normalized spacial score (nSPS) is 19.8. The van der Waals surface area contributed by atoms with Crippen LogP contribution in [0.4, 0.5) is 0 Å². The Balaban J connectivity index is 2.09. The fourth-order valence-corrected chi connectivity index (χ4v) is 2.91. The van der Waals surface area contributed by atoms with Gasteiger partial charge in [0.2, 0.25) is 0 Å². The molecule has 2 atom stereocenters. The molecule has 1 aromatic carbocycles. The fourth-order valence-electron chi connectivity index (χ4n) is 2.60. The number of benzene rings is 1. The Labute approximate surface area is 136 Å². The summed E-state index contributed by atoms with van der Waals surface area (Å²) in [6, 6.07) is 5.87. The molecule has 1 aliphatic heterocycles. The molecule has 0 bridgehead atoms. The van der Waals surface area contributed by atoms with Crippen LogP contribution in [0, 0.1) is 0 Å². The number of aliphatic hydroxyl groups excluding tert-OH is 1. The van der Waals surface area contributed by atoms with Gasteiger partial charge in [0.05, 0.1) is 28.7 Å². The summed E-state index contributed by atoms with van der Waals surface area (Å²) < 4.78 is 0. The topological polar surface area (TPSA) is 35.8 Å². The molecule has 21 heavy (non-hydrogen) atoms. The van der Waals surface area contributed by atoms with Crippen LogP contribution in [0.1, 0.15) is 50.6 Å². The van der Waals surface area contributed by atoms with Gasteiger partial charge in [-0.2, -0.15) is 5.10 Å². The minimum atomic E-state index is -0.342. The number of hydrazone groups is 1. The van der Waals surface area contributed by atoms with Gasteiger partial charge in [0, 0.05) is 6.21 Å². The highest BCUT2D eigenvalue weighted by Crippen LogP contribution is 2.32. The second-order valence-electron chi connectivity index (χ2n) is 5.48. The smallest absolute Gasteiger partial charge is 0.0732 e. The zero-order valence-electron chi connectivity index (χ0n) is 12.3. The minimum absolute atomic E-state index is 0.154. The summed E-state index contributed by atoms with van der Waals surface area (Å²) in [5.41, 5.74) is 1.10. The Morgan fingerprint density at radius 1 is 1.38 bits per heavy atom. The van der Waals surface area contributed by atoms with Crippen LogP contribution in [0.2, 0.25) is 10.0 Å². The van der Waals surface area contributed by atoms with Crippen LogP contribution in [-0.4, -0.2) is 29.0 Å². The Bertz CT molecular complexity index is 493. The molecule has 1 N–H and O–H groups in total. The predicted octanol–water partition coefficient (Wildman–Crippen LogP) is 4.67. The molecular formula is C16H22Cl2N2O. The van der Waals surface area contributed by atoms with E-state index < -0.39 is 0 Å². The number of unbranched alkanes of at least 4 members (excludes halogenated alkanes) is 1. The van der Waals surface area contributed by atoms with E-state index in [4.69, 9.17) is 23.2 Å². The van der Waals surface area contributed by atoms with Gasteiger partial charge in [-0.15, -0.1) is 0 Å². The van der Waals surface area contributed by atoms with E-state index in [2.05, 4.69) is 12.0 Å². The summed E-state index contributed by atoms with van der Waals surface area (Å²) in [5.74, 6) is 0. The molecule has 0 spiro atoms. The van der Waals surface area contributed by atoms with Crippen molar-refractivity contribution in [1.29, 1.82) is 0 Å². The zero-order valence-corrected chi connectivity index (χ0v) is 13.8. The van der Waals surface area contributed by atoms with Crippen LogP contribution < -0.4 is 0 Å². The van der Waals surface area contributed by atoms with Crippen molar-refractivity contribution in [1.82, 2.24) is 5.01 Å². The maximum absolute atomic E-state index is 10.1. The van der Waals surface area contributed by atoms with Gasteiger partial charge < -0.3 is 5.11 Å². The fraction of sp³-hybridized carbons (Fsp3) is 0.562. The van der Waals surface area contributed by atoms with Gasteiger partial charge in [0.25, 0.3) is 0 Å². The van der Waals surface area contributed by atoms with E-state index in [0.717, 1.165) is 37.7 Å². The molecule has 116 valence electrons. The van der Waals surface area contributed by atoms with Gasteiger partial charge >= 0.3 is 0 Å². The lowest BCUT2D eigenvalue weighted by Gasteiger charge is -2.33. The third kappa shape index (κ3) is 4.60. The minimum Gasteiger partial charge on any atom is -0.391 e. The molecule has 0 fully saturated rings. The highest BCUT2D eigenvalue weighted by Gasteiger charge is 2.23. The van der Waals surface area contributed by atoms with Gasteiger partial charge in [0.15, 0.2) is 0 Å². The van der Waals surface area contributed by atoms with Crippen LogP contribution in [0.3, 0.4) is 0 Å². The van der Waals surface area contributed by atoms with Gasteiger partial charge in [-0.05, 0) is 37.0 Å². The summed E-state index contributed by atoms with van der Waals surface area (Å²) in [4.78, 5) is 0. The number of halogens is 2. The zero-order chi connectivity index (χ0) is 15.2. The highest BCUT2D eigenvalue weighted by molar-refractivity contribution is 6.42. The molecular weight excluding hydrogens is 307 g/mol. The standard InChI is InChI=1S/C16H22Cl2N2O/c1-2-3-5-13(21)11-20-16(6-4-9-19-20)12-7-8-14(17)15(18)10-12/h7-10,13,16,21H,2-6,11H2,1H3. The third-order valence-electron chi connectivity index (χ3n) is 3.78. The molecule has 1 aromatic rings. The van der Waals surface area contributed by atoms with Gasteiger partial charge in [-0.25, -0.2) is 0 Å². The van der Waals surface area contributed by atoms with Crippen molar-refractivity contribution in [2.24, 2.45) is 5.10 Å². The van der Waals surface area contributed by atoms with Crippen LogP contribution >= 0.6 is 23.2 Å². The Morgan fingerprint density at radius 3 is 2.90 bits per heavy atom. The molecule has 1 heterocycles. The lowest BCUT2D eigenvalue weighted by molar-refractivity contribution is 0.0756. The van der Waals surface area contributed by atoms with E-state index in [0.29, 0.717) is 16.6 Å². The van der Waals surface area contributed by atoms with Crippen molar-refractivity contribution >= 4 is 29.4 Å².